The van der Waals surface area contributed by atoms with E-state index >= 15 is 0 Å². The zero-order chi connectivity index (χ0) is 28.4. The van der Waals surface area contributed by atoms with E-state index in [0.29, 0.717) is 22.1 Å². The zero-order valence-corrected chi connectivity index (χ0v) is 22.5. The van der Waals surface area contributed by atoms with Gasteiger partial charge in [-0.1, -0.05) is 16.9 Å². The van der Waals surface area contributed by atoms with Crippen molar-refractivity contribution >= 4 is 63.3 Å². The van der Waals surface area contributed by atoms with Gasteiger partial charge in [-0.25, -0.2) is 18.6 Å². The van der Waals surface area contributed by atoms with Gasteiger partial charge in [-0.3, -0.25) is 19.5 Å². The highest BCUT2D eigenvalue weighted by Gasteiger charge is 2.54. The summed E-state index contributed by atoms with van der Waals surface area (Å²) < 4.78 is 29.5. The van der Waals surface area contributed by atoms with Crippen LogP contribution in [-0.4, -0.2) is 77.9 Å². The predicted octanol–water partition coefficient (Wildman–Crippen LogP) is 2.20. The zero-order valence-electron chi connectivity index (χ0n) is 20.1. The number of nitrogens with two attached hydrogens (primary N) is 1. The van der Waals surface area contributed by atoms with E-state index in [0.717, 1.165) is 27.7 Å². The Morgan fingerprint density at radius 3 is 2.77 bits per heavy atom. The third-order valence-corrected chi connectivity index (χ3v) is 8.40. The number of amides is 2. The van der Waals surface area contributed by atoms with Gasteiger partial charge in [0.1, 0.15) is 11.7 Å². The van der Waals surface area contributed by atoms with Crippen molar-refractivity contribution in [3.63, 3.8) is 0 Å². The van der Waals surface area contributed by atoms with Crippen molar-refractivity contribution in [2.24, 2.45) is 5.16 Å². The molecule has 0 aromatic carbocycles. The smallest absolute Gasteiger partial charge is 0.353 e. The highest BCUT2D eigenvalue weighted by molar-refractivity contribution is 8.04. The first-order valence-corrected chi connectivity index (χ1v) is 13.9. The van der Waals surface area contributed by atoms with Gasteiger partial charge in [0.2, 0.25) is 11.5 Å². The van der Waals surface area contributed by atoms with Crippen molar-refractivity contribution in [1.29, 1.82) is 0 Å². The number of carbonyl (C=O) groups is 3. The number of aromatic nitrogens is 4. The maximum absolute atomic E-state index is 13.1. The van der Waals surface area contributed by atoms with Crippen molar-refractivity contribution < 1.29 is 33.1 Å². The minimum absolute atomic E-state index is 0.00284. The molecule has 0 spiro atoms. The molecule has 2 amide bonds. The average molecular weight is 609 g/mol. The van der Waals surface area contributed by atoms with Crippen molar-refractivity contribution in [3.05, 3.63) is 46.3 Å². The van der Waals surface area contributed by atoms with Gasteiger partial charge in [0, 0.05) is 39.8 Å². The summed E-state index contributed by atoms with van der Waals surface area (Å²) in [6.45, 7) is -1.08. The number of oxime groups is 1. The number of hydrogen-bond acceptors (Lipinski definition) is 13. The number of alkyl halides is 2. The molecule has 0 saturated carbocycles. The summed E-state index contributed by atoms with van der Waals surface area (Å²) in [6.07, 6.45) is 1.12. The van der Waals surface area contributed by atoms with Crippen LogP contribution in [0.1, 0.15) is 18.7 Å². The van der Waals surface area contributed by atoms with E-state index < -0.39 is 48.6 Å². The predicted molar refractivity (Wildman–Crippen MR) is 140 cm³/mol. The number of aliphatic carboxylic acids is 1. The molecular weight excluding hydrogens is 590 g/mol. The molecule has 3 aromatic rings. The highest BCUT2D eigenvalue weighted by atomic mass is 32.2. The van der Waals surface area contributed by atoms with Crippen molar-refractivity contribution in [2.75, 3.05) is 12.3 Å². The molecule has 2 unspecified atom stereocenters. The fourth-order valence-electron chi connectivity index (χ4n) is 4.08. The van der Waals surface area contributed by atoms with Gasteiger partial charge in [0.25, 0.3) is 18.2 Å². The van der Waals surface area contributed by atoms with Crippen molar-refractivity contribution in [1.82, 2.24) is 29.5 Å². The second-order valence-electron chi connectivity index (χ2n) is 8.26. The lowest BCUT2D eigenvalue weighted by Crippen LogP contribution is -2.72. The first kappa shape index (κ1) is 27.5. The monoisotopic (exact) mass is 608 g/mol. The Balaban J connectivity index is 1.32. The van der Waals surface area contributed by atoms with Gasteiger partial charge in [-0.05, 0) is 25.0 Å². The Kier molecular flexibility index (Phi) is 7.99. The molecule has 0 bridgehead atoms. The van der Waals surface area contributed by atoms with Crippen LogP contribution in [0, 0.1) is 0 Å². The largest absolute Gasteiger partial charge is 0.477 e. The summed E-state index contributed by atoms with van der Waals surface area (Å²) in [4.78, 5) is 56.7. The Labute approximate surface area is 236 Å². The lowest BCUT2D eigenvalue weighted by molar-refractivity contribution is -0.155. The first-order valence-electron chi connectivity index (χ1n) is 11.4. The fourth-order valence-corrected chi connectivity index (χ4v) is 6.56. The van der Waals surface area contributed by atoms with Gasteiger partial charge >= 0.3 is 5.97 Å². The van der Waals surface area contributed by atoms with Gasteiger partial charge < -0.3 is 21.0 Å². The lowest BCUT2D eigenvalue weighted by Gasteiger charge is -2.49. The minimum atomic E-state index is -2.84. The van der Waals surface area contributed by atoms with E-state index in [-0.39, 0.29) is 16.7 Å². The SMILES string of the molecule is Nc1nc(/C(=N/OCC(F)F)C(=O)NC2C(=O)N3C(C(=O)O)=C(Sc4nc(-c5ccncc5)cs4)CCC23)ns1. The van der Waals surface area contributed by atoms with E-state index in [1.54, 1.807) is 12.4 Å². The molecule has 208 valence electrons. The molecule has 40 heavy (non-hydrogen) atoms. The van der Waals surface area contributed by atoms with Gasteiger partial charge in [0.15, 0.2) is 16.1 Å². The number of hydrogen-bond donors (Lipinski definition) is 3. The molecule has 13 nitrogen and oxygen atoms in total. The maximum Gasteiger partial charge on any atom is 0.353 e. The van der Waals surface area contributed by atoms with Crippen LogP contribution in [0.15, 0.2) is 50.0 Å². The van der Waals surface area contributed by atoms with E-state index in [2.05, 4.69) is 34.6 Å². The number of anilines is 1. The number of carboxylic acids is 1. The number of allylic oxidation sites excluding steroid dienone is 1. The Bertz CT molecular complexity index is 1510. The molecule has 2 aliphatic rings. The number of nitrogens with one attached hydrogen (secondary N) is 1. The van der Waals surface area contributed by atoms with Crippen molar-refractivity contribution in [3.8, 4) is 11.3 Å². The van der Waals surface area contributed by atoms with Crippen LogP contribution in [0.2, 0.25) is 0 Å². The quantitative estimate of drug-likeness (QED) is 0.174. The number of rotatable bonds is 10. The second kappa shape index (κ2) is 11.6. The number of thiazole rings is 1. The normalized spacial score (nSPS) is 18.9. The van der Waals surface area contributed by atoms with Gasteiger partial charge in [0.05, 0.1) is 11.7 Å². The van der Waals surface area contributed by atoms with Crippen LogP contribution >= 0.6 is 34.6 Å². The molecular formula is C22H18F2N8O5S3. The summed E-state index contributed by atoms with van der Waals surface area (Å²) in [5.74, 6) is -3.16. The molecule has 5 heterocycles. The van der Waals surface area contributed by atoms with E-state index in [9.17, 15) is 28.3 Å². The third kappa shape index (κ3) is 5.63. The van der Waals surface area contributed by atoms with Crippen LogP contribution in [0.4, 0.5) is 13.9 Å². The summed E-state index contributed by atoms with van der Waals surface area (Å²) >= 11 is 3.27. The van der Waals surface area contributed by atoms with Crippen LogP contribution < -0.4 is 11.1 Å². The maximum atomic E-state index is 13.1. The van der Waals surface area contributed by atoms with Gasteiger partial charge in [-0.15, -0.1) is 11.3 Å². The highest BCUT2D eigenvalue weighted by Crippen LogP contribution is 2.44. The Morgan fingerprint density at radius 2 is 2.10 bits per heavy atom. The molecule has 1 fully saturated rings. The number of pyridine rings is 1. The van der Waals surface area contributed by atoms with E-state index in [1.807, 2.05) is 17.5 Å². The van der Waals surface area contributed by atoms with E-state index in [1.165, 1.54) is 23.1 Å². The molecule has 0 aliphatic carbocycles. The van der Waals surface area contributed by atoms with Crippen LogP contribution in [0.5, 0.6) is 0 Å². The molecule has 18 heteroatoms. The number of carboxylic acid groups (broad SMARTS) is 1. The minimum Gasteiger partial charge on any atom is -0.477 e. The van der Waals surface area contributed by atoms with Crippen LogP contribution in [-0.2, 0) is 19.2 Å². The molecule has 2 atom stereocenters. The average Bonchev–Trinajstić information content (AvgIpc) is 3.58. The molecule has 0 radical (unpaired) electrons. The number of nitrogen functional groups attached to an aromatic ring is 1. The third-order valence-electron chi connectivity index (χ3n) is 5.78. The summed E-state index contributed by atoms with van der Waals surface area (Å²) in [6, 6.07) is 1.89. The number of thioether (sulfide) groups is 1. The summed E-state index contributed by atoms with van der Waals surface area (Å²) in [7, 11) is 0. The Hall–Kier alpha value is -4.03. The lowest BCUT2D eigenvalue weighted by atomic mass is 9.86. The number of halogens is 2. The van der Waals surface area contributed by atoms with E-state index in [4.69, 9.17) is 5.73 Å². The Morgan fingerprint density at radius 1 is 1.32 bits per heavy atom. The number of β-lactam (4-membered cyclic amide) rings is 1. The van der Waals surface area contributed by atoms with Crippen molar-refractivity contribution in [2.45, 2.75) is 35.7 Å². The molecule has 1 saturated heterocycles. The second-order valence-corrected chi connectivity index (χ2v) is 11.2. The molecule has 3 aromatic heterocycles. The number of fused-ring (bicyclic) bond motifs is 1. The summed E-state index contributed by atoms with van der Waals surface area (Å²) in [5.41, 5.74) is 6.41. The number of carbonyl (C=O) groups excluding carboxylic acids is 2. The first-order chi connectivity index (χ1) is 19.2. The van der Waals surface area contributed by atoms with Crippen LogP contribution in [0.25, 0.3) is 11.3 Å². The topological polar surface area (TPSA) is 186 Å². The fraction of sp³-hybridized carbons (Fsp3) is 0.273. The van der Waals surface area contributed by atoms with Gasteiger partial charge in [-0.2, -0.15) is 9.36 Å². The standard InChI is InChI=1S/C22H18F2N8O5S3/c23-13(24)7-37-30-15(17-29-21(25)40-31-17)18(33)28-14-11-1-2-12(16(20(35)36)32(11)19(14)34)39-22-27-10(8-38-22)9-3-5-26-6-4-9/h3-6,8,11,13-14H,1-2,7H2,(H,28,33)(H,35,36)(H2,25,29,31)/b30-15-. The van der Waals surface area contributed by atoms with Crippen LogP contribution in [0.3, 0.4) is 0 Å². The molecule has 2 aliphatic heterocycles. The molecule has 5 rings (SSSR count). The number of nitrogens with zero attached hydrogens (tertiary/aromatic N) is 6. The molecule has 4 N–H and O–H groups in total. The summed E-state index contributed by atoms with van der Waals surface area (Å²) in [5, 5.41) is 17.7.